The molecule has 2 N–H and O–H groups in total. The number of aliphatic hydroxyl groups is 1. The number of pyridine rings is 2. The van der Waals surface area contributed by atoms with Crippen molar-refractivity contribution in [3.63, 3.8) is 0 Å². The van der Waals surface area contributed by atoms with Gasteiger partial charge in [0.05, 0.1) is 30.6 Å². The zero-order valence-electron chi connectivity index (χ0n) is 15.2. The summed E-state index contributed by atoms with van der Waals surface area (Å²) in [6.07, 6.45) is 3.44. The van der Waals surface area contributed by atoms with E-state index in [4.69, 9.17) is 9.72 Å². The number of anilines is 1. The molecule has 4 rings (SSSR count). The minimum atomic E-state index is -1.00. The number of aromatic nitrogens is 4. The van der Waals surface area contributed by atoms with Crippen LogP contribution < -0.4 is 4.90 Å². The highest BCUT2D eigenvalue weighted by Gasteiger charge is 2.26. The van der Waals surface area contributed by atoms with Gasteiger partial charge in [-0.25, -0.2) is 4.98 Å². The molecule has 1 aliphatic heterocycles. The normalized spacial score (nSPS) is 18.5. The first-order valence-corrected chi connectivity index (χ1v) is 8.82. The Hall–Kier alpha value is -2.51. The van der Waals surface area contributed by atoms with E-state index in [1.807, 2.05) is 18.2 Å². The molecular weight excluding hydrogens is 330 g/mol. The Labute approximate surface area is 152 Å². The molecule has 0 amide bonds. The number of H-pyrrole nitrogens is 1. The summed E-state index contributed by atoms with van der Waals surface area (Å²) in [6.45, 7) is 7.81. The third kappa shape index (κ3) is 2.93. The maximum atomic E-state index is 10.8. The van der Waals surface area contributed by atoms with Crippen molar-refractivity contribution in [2.45, 2.75) is 32.4 Å². The van der Waals surface area contributed by atoms with Gasteiger partial charge in [-0.3, -0.25) is 10.1 Å². The van der Waals surface area contributed by atoms with E-state index in [1.165, 1.54) is 0 Å². The van der Waals surface area contributed by atoms with Crippen LogP contribution >= 0.6 is 0 Å². The van der Waals surface area contributed by atoms with Crippen molar-refractivity contribution in [3.8, 4) is 11.4 Å². The van der Waals surface area contributed by atoms with E-state index in [-0.39, 0.29) is 6.04 Å². The van der Waals surface area contributed by atoms with E-state index in [1.54, 1.807) is 26.2 Å². The Kier molecular flexibility index (Phi) is 4.13. The number of aromatic amines is 1. The van der Waals surface area contributed by atoms with Crippen LogP contribution in [0.4, 0.5) is 5.82 Å². The highest BCUT2D eigenvalue weighted by molar-refractivity contribution is 5.94. The zero-order valence-corrected chi connectivity index (χ0v) is 15.2. The number of nitrogens with zero attached hydrogens (tertiary/aromatic N) is 4. The minimum Gasteiger partial charge on any atom is -0.386 e. The van der Waals surface area contributed by atoms with Gasteiger partial charge in [0.2, 0.25) is 0 Å². The van der Waals surface area contributed by atoms with Gasteiger partial charge in [-0.05, 0) is 44.5 Å². The summed E-state index contributed by atoms with van der Waals surface area (Å²) in [6, 6.07) is 5.98. The highest BCUT2D eigenvalue weighted by atomic mass is 16.5. The molecule has 1 atom stereocenters. The lowest BCUT2D eigenvalue weighted by Crippen LogP contribution is -2.44. The number of hydrogen-bond donors (Lipinski definition) is 2. The second-order valence-electron chi connectivity index (χ2n) is 7.23. The first kappa shape index (κ1) is 16.9. The van der Waals surface area contributed by atoms with E-state index in [9.17, 15) is 5.11 Å². The first-order valence-electron chi connectivity index (χ1n) is 8.82. The highest BCUT2D eigenvalue weighted by Crippen LogP contribution is 2.34. The molecule has 0 bridgehead atoms. The van der Waals surface area contributed by atoms with Crippen LogP contribution in [0.3, 0.4) is 0 Å². The molecule has 0 saturated carbocycles. The largest absolute Gasteiger partial charge is 0.386 e. The molecule has 1 fully saturated rings. The Morgan fingerprint density at radius 3 is 2.85 bits per heavy atom. The standard InChI is InChI=1S/C19H23N5O2/c1-12-11-26-9-8-24(12)16-10-14(19(2,3)25)13-4-6-20-18(17(13)22-16)15-5-7-21-23-15/h4-7,10,12,25H,8-9,11H2,1-3H3,(H,21,23). The van der Waals surface area contributed by atoms with E-state index in [2.05, 4.69) is 27.0 Å². The van der Waals surface area contributed by atoms with Gasteiger partial charge in [0.15, 0.2) is 0 Å². The average Bonchev–Trinajstić information content (AvgIpc) is 3.14. The van der Waals surface area contributed by atoms with Gasteiger partial charge in [0, 0.05) is 24.3 Å². The van der Waals surface area contributed by atoms with Crippen LogP contribution in [0.15, 0.2) is 30.6 Å². The monoisotopic (exact) mass is 353 g/mol. The molecule has 1 unspecified atom stereocenters. The molecule has 0 aliphatic carbocycles. The van der Waals surface area contributed by atoms with Crippen molar-refractivity contribution in [3.05, 3.63) is 36.2 Å². The van der Waals surface area contributed by atoms with Crippen molar-refractivity contribution in [2.24, 2.45) is 0 Å². The van der Waals surface area contributed by atoms with Gasteiger partial charge in [-0.2, -0.15) is 5.10 Å². The lowest BCUT2D eigenvalue weighted by atomic mass is 9.94. The molecule has 7 nitrogen and oxygen atoms in total. The molecule has 4 heterocycles. The quantitative estimate of drug-likeness (QED) is 0.752. The smallest absolute Gasteiger partial charge is 0.130 e. The van der Waals surface area contributed by atoms with Crippen molar-refractivity contribution < 1.29 is 9.84 Å². The average molecular weight is 353 g/mol. The Balaban J connectivity index is 1.98. The maximum absolute atomic E-state index is 10.8. The summed E-state index contributed by atoms with van der Waals surface area (Å²) in [5.41, 5.74) is 2.12. The number of fused-ring (bicyclic) bond motifs is 1. The van der Waals surface area contributed by atoms with Crippen LogP contribution in [0.5, 0.6) is 0 Å². The number of nitrogens with one attached hydrogen (secondary N) is 1. The SMILES string of the molecule is CC1COCCN1c1cc(C(C)(C)O)c2ccnc(-c3ccn[nH]3)c2n1. The molecule has 7 heteroatoms. The summed E-state index contributed by atoms with van der Waals surface area (Å²) >= 11 is 0. The van der Waals surface area contributed by atoms with Crippen molar-refractivity contribution in [2.75, 3.05) is 24.7 Å². The van der Waals surface area contributed by atoms with Crippen molar-refractivity contribution in [1.82, 2.24) is 20.2 Å². The van der Waals surface area contributed by atoms with Crippen molar-refractivity contribution in [1.29, 1.82) is 0 Å². The Morgan fingerprint density at radius 2 is 2.15 bits per heavy atom. The number of hydrogen-bond acceptors (Lipinski definition) is 6. The van der Waals surface area contributed by atoms with E-state index < -0.39 is 5.60 Å². The van der Waals surface area contributed by atoms with E-state index in [0.29, 0.717) is 13.2 Å². The fourth-order valence-electron chi connectivity index (χ4n) is 3.44. The van der Waals surface area contributed by atoms with Gasteiger partial charge in [0.1, 0.15) is 17.0 Å². The molecule has 1 saturated heterocycles. The Bertz CT molecular complexity index is 918. The van der Waals surface area contributed by atoms with E-state index >= 15 is 0 Å². The summed E-state index contributed by atoms with van der Waals surface area (Å²) < 4.78 is 5.56. The second-order valence-corrected chi connectivity index (χ2v) is 7.23. The lowest BCUT2D eigenvalue weighted by molar-refractivity contribution is 0.0799. The number of rotatable bonds is 3. The number of morpholine rings is 1. The molecule has 0 spiro atoms. The van der Waals surface area contributed by atoms with Gasteiger partial charge < -0.3 is 14.7 Å². The van der Waals surface area contributed by atoms with Crippen LogP contribution in [0.1, 0.15) is 26.3 Å². The summed E-state index contributed by atoms with van der Waals surface area (Å²) in [7, 11) is 0. The predicted molar refractivity (Wildman–Crippen MR) is 100.0 cm³/mol. The summed E-state index contributed by atoms with van der Waals surface area (Å²) in [5.74, 6) is 0.833. The van der Waals surface area contributed by atoms with Gasteiger partial charge in [0.25, 0.3) is 0 Å². The Morgan fingerprint density at radius 1 is 1.31 bits per heavy atom. The summed E-state index contributed by atoms with van der Waals surface area (Å²) in [5, 5.41) is 18.7. The maximum Gasteiger partial charge on any atom is 0.130 e. The molecule has 1 aliphatic rings. The van der Waals surface area contributed by atoms with Crippen LogP contribution in [-0.4, -0.2) is 51.1 Å². The molecule has 26 heavy (non-hydrogen) atoms. The molecular formula is C19H23N5O2. The van der Waals surface area contributed by atoms with Crippen LogP contribution in [0.2, 0.25) is 0 Å². The molecule has 0 radical (unpaired) electrons. The first-order chi connectivity index (χ1) is 12.4. The minimum absolute atomic E-state index is 0.218. The fraction of sp³-hybridized carbons (Fsp3) is 0.421. The van der Waals surface area contributed by atoms with Crippen LogP contribution in [-0.2, 0) is 10.3 Å². The van der Waals surface area contributed by atoms with Gasteiger partial charge >= 0.3 is 0 Å². The van der Waals surface area contributed by atoms with Gasteiger partial charge in [-0.15, -0.1) is 0 Å². The predicted octanol–water partition coefficient (Wildman–Crippen LogP) is 2.47. The fourth-order valence-corrected chi connectivity index (χ4v) is 3.44. The van der Waals surface area contributed by atoms with Crippen LogP contribution in [0, 0.1) is 0 Å². The molecule has 3 aromatic heterocycles. The third-order valence-corrected chi connectivity index (χ3v) is 4.79. The molecule has 3 aromatic rings. The zero-order chi connectivity index (χ0) is 18.3. The third-order valence-electron chi connectivity index (χ3n) is 4.79. The van der Waals surface area contributed by atoms with Gasteiger partial charge in [-0.1, -0.05) is 0 Å². The van der Waals surface area contributed by atoms with E-state index in [0.717, 1.165) is 40.2 Å². The van der Waals surface area contributed by atoms with Crippen molar-refractivity contribution >= 4 is 16.7 Å². The lowest BCUT2D eigenvalue weighted by Gasteiger charge is -2.35. The molecule has 136 valence electrons. The number of ether oxygens (including phenoxy) is 1. The second kappa shape index (κ2) is 6.34. The van der Waals surface area contributed by atoms with Crippen LogP contribution in [0.25, 0.3) is 22.3 Å². The topological polar surface area (TPSA) is 87.2 Å². The summed E-state index contributed by atoms with van der Waals surface area (Å²) in [4.78, 5) is 11.7. The molecule has 0 aromatic carbocycles.